The molecule has 3 aromatic rings. The molecule has 0 fully saturated rings. The molecule has 0 saturated carbocycles. The number of nitrogens with zero attached hydrogens (tertiary/aromatic N) is 3. The standard InChI is InChI=1S/C18H19N3O3.C2HF3O2/c1-11(2)24-18(22)12-9-14-16(15(10-12)23-4)21(3)17(20-14)13-7-5-6-8-19-13;3-2(4,5)1(6)7/h5-11H,1-4H3;(H,6,7). The molecule has 31 heavy (non-hydrogen) atoms. The number of hydrogen-bond donors (Lipinski definition) is 1. The quantitative estimate of drug-likeness (QED) is 0.616. The highest BCUT2D eigenvalue weighted by molar-refractivity contribution is 5.97. The predicted molar refractivity (Wildman–Crippen MR) is 105 cm³/mol. The molecule has 1 aromatic carbocycles. The maximum absolute atomic E-state index is 12.2. The average Bonchev–Trinajstić information content (AvgIpc) is 3.04. The van der Waals surface area contributed by atoms with Crippen molar-refractivity contribution in [2.24, 2.45) is 7.05 Å². The molecule has 3 rings (SSSR count). The third-order valence-electron chi connectivity index (χ3n) is 3.87. The number of aromatic nitrogens is 3. The average molecular weight is 439 g/mol. The van der Waals surface area contributed by atoms with Crippen LogP contribution in [0.5, 0.6) is 5.75 Å². The molecule has 0 saturated heterocycles. The van der Waals surface area contributed by atoms with Crippen LogP contribution < -0.4 is 4.74 Å². The van der Waals surface area contributed by atoms with Crippen LogP contribution in [0.25, 0.3) is 22.6 Å². The highest BCUT2D eigenvalue weighted by Gasteiger charge is 2.38. The van der Waals surface area contributed by atoms with Gasteiger partial charge in [-0.1, -0.05) is 6.07 Å². The summed E-state index contributed by atoms with van der Waals surface area (Å²) in [5.74, 6) is -1.87. The number of carboxylic acids is 1. The molecule has 1 N–H and O–H groups in total. The van der Waals surface area contributed by atoms with Crippen LogP contribution in [0.15, 0.2) is 36.5 Å². The Morgan fingerprint density at radius 2 is 1.84 bits per heavy atom. The van der Waals surface area contributed by atoms with Gasteiger partial charge in [0.05, 0.1) is 24.3 Å². The molecule has 0 amide bonds. The number of carbonyl (C=O) groups excluding carboxylic acids is 1. The highest BCUT2D eigenvalue weighted by Crippen LogP contribution is 2.31. The fourth-order valence-corrected chi connectivity index (χ4v) is 2.59. The van der Waals surface area contributed by atoms with E-state index in [4.69, 9.17) is 19.4 Å². The van der Waals surface area contributed by atoms with E-state index in [9.17, 15) is 18.0 Å². The zero-order valence-electron chi connectivity index (χ0n) is 17.1. The van der Waals surface area contributed by atoms with Gasteiger partial charge in [-0.3, -0.25) is 4.98 Å². The molecule has 0 unspecified atom stereocenters. The number of rotatable bonds is 4. The lowest BCUT2D eigenvalue weighted by Gasteiger charge is -2.10. The van der Waals surface area contributed by atoms with E-state index in [0.717, 1.165) is 11.2 Å². The van der Waals surface area contributed by atoms with Crippen molar-refractivity contribution in [2.45, 2.75) is 26.1 Å². The van der Waals surface area contributed by atoms with Crippen LogP contribution >= 0.6 is 0 Å². The first-order valence-electron chi connectivity index (χ1n) is 8.92. The van der Waals surface area contributed by atoms with Crippen molar-refractivity contribution in [3.63, 3.8) is 0 Å². The fraction of sp³-hybridized carbons (Fsp3) is 0.300. The Hall–Kier alpha value is -3.63. The first-order valence-corrected chi connectivity index (χ1v) is 8.92. The number of aliphatic carboxylic acids is 1. The van der Waals surface area contributed by atoms with Crippen molar-refractivity contribution in [1.29, 1.82) is 0 Å². The molecule has 0 aliphatic carbocycles. The predicted octanol–water partition coefficient (Wildman–Crippen LogP) is 3.84. The molecule has 0 bridgehead atoms. The molecule has 0 spiro atoms. The van der Waals surface area contributed by atoms with Crippen molar-refractivity contribution in [3.8, 4) is 17.3 Å². The number of pyridine rings is 1. The van der Waals surface area contributed by atoms with E-state index in [-0.39, 0.29) is 6.10 Å². The topological polar surface area (TPSA) is 104 Å². The fourth-order valence-electron chi connectivity index (χ4n) is 2.59. The van der Waals surface area contributed by atoms with Gasteiger partial charge in [0.2, 0.25) is 0 Å². The SMILES string of the molecule is COc1cc(C(=O)OC(C)C)cc2nc(-c3ccccn3)n(C)c12.O=C(O)C(F)(F)F. The lowest BCUT2D eigenvalue weighted by Crippen LogP contribution is -2.21. The number of aryl methyl sites for hydroxylation is 1. The maximum atomic E-state index is 12.2. The van der Waals surface area contributed by atoms with E-state index >= 15 is 0 Å². The van der Waals surface area contributed by atoms with E-state index in [2.05, 4.69) is 9.97 Å². The van der Waals surface area contributed by atoms with Crippen molar-refractivity contribution in [3.05, 3.63) is 42.1 Å². The molecule has 0 aliphatic rings. The second-order valence-electron chi connectivity index (χ2n) is 6.51. The normalized spacial score (nSPS) is 11.1. The van der Waals surface area contributed by atoms with Crippen molar-refractivity contribution >= 4 is 23.0 Å². The molecular formula is C20H20F3N3O5. The highest BCUT2D eigenvalue weighted by atomic mass is 19.4. The molecule has 11 heteroatoms. The minimum Gasteiger partial charge on any atom is -0.494 e. The summed E-state index contributed by atoms with van der Waals surface area (Å²) in [4.78, 5) is 30.1. The van der Waals surface area contributed by atoms with Crippen LogP contribution in [0.2, 0.25) is 0 Å². The number of alkyl halides is 3. The van der Waals surface area contributed by atoms with Gasteiger partial charge in [0.1, 0.15) is 17.0 Å². The number of esters is 1. The summed E-state index contributed by atoms with van der Waals surface area (Å²) < 4.78 is 44.4. The van der Waals surface area contributed by atoms with Gasteiger partial charge in [0.25, 0.3) is 0 Å². The Balaban J connectivity index is 0.000000423. The summed E-state index contributed by atoms with van der Waals surface area (Å²) in [6, 6.07) is 9.05. The number of carboxylic acid groups (broad SMARTS) is 1. The summed E-state index contributed by atoms with van der Waals surface area (Å²) in [5.41, 5.74) is 2.63. The van der Waals surface area contributed by atoms with Crippen LogP contribution in [-0.2, 0) is 16.6 Å². The maximum Gasteiger partial charge on any atom is 0.490 e. The zero-order valence-corrected chi connectivity index (χ0v) is 17.1. The monoisotopic (exact) mass is 439 g/mol. The van der Waals surface area contributed by atoms with Gasteiger partial charge in [-0.2, -0.15) is 13.2 Å². The molecule has 2 aromatic heterocycles. The molecule has 2 heterocycles. The number of halogens is 3. The Morgan fingerprint density at radius 1 is 1.19 bits per heavy atom. The lowest BCUT2D eigenvalue weighted by atomic mass is 10.2. The molecule has 0 atom stereocenters. The van der Waals surface area contributed by atoms with E-state index in [1.165, 1.54) is 0 Å². The summed E-state index contributed by atoms with van der Waals surface area (Å²) in [6.07, 6.45) is -3.55. The minimum absolute atomic E-state index is 0.188. The molecule has 0 radical (unpaired) electrons. The third kappa shape index (κ3) is 5.71. The number of methoxy groups -OCH3 is 1. The van der Waals surface area contributed by atoms with E-state index < -0.39 is 18.1 Å². The Morgan fingerprint density at radius 3 is 2.32 bits per heavy atom. The second kappa shape index (κ2) is 9.45. The Labute approximate surface area is 175 Å². The molecular weight excluding hydrogens is 419 g/mol. The first kappa shape index (κ1) is 23.6. The number of hydrogen-bond acceptors (Lipinski definition) is 6. The van der Waals surface area contributed by atoms with Gasteiger partial charge in [-0.05, 0) is 38.1 Å². The first-order chi connectivity index (χ1) is 14.5. The number of ether oxygens (including phenoxy) is 2. The van der Waals surface area contributed by atoms with Crippen LogP contribution in [-0.4, -0.2) is 51.0 Å². The summed E-state index contributed by atoms with van der Waals surface area (Å²) in [7, 11) is 3.47. The van der Waals surface area contributed by atoms with Crippen LogP contribution in [0, 0.1) is 0 Å². The van der Waals surface area contributed by atoms with Gasteiger partial charge in [0, 0.05) is 13.2 Å². The zero-order chi connectivity index (χ0) is 23.3. The Bertz CT molecular complexity index is 1080. The largest absolute Gasteiger partial charge is 0.494 e. The number of imidazole rings is 1. The second-order valence-corrected chi connectivity index (χ2v) is 6.51. The van der Waals surface area contributed by atoms with Crippen LogP contribution in [0.1, 0.15) is 24.2 Å². The van der Waals surface area contributed by atoms with Gasteiger partial charge in [-0.15, -0.1) is 0 Å². The minimum atomic E-state index is -5.08. The summed E-state index contributed by atoms with van der Waals surface area (Å²) in [5, 5.41) is 7.12. The lowest BCUT2D eigenvalue weighted by molar-refractivity contribution is -0.192. The summed E-state index contributed by atoms with van der Waals surface area (Å²) >= 11 is 0. The molecule has 0 aliphatic heterocycles. The van der Waals surface area contributed by atoms with Gasteiger partial charge in [0.15, 0.2) is 5.82 Å². The van der Waals surface area contributed by atoms with Crippen molar-refractivity contribution in [1.82, 2.24) is 14.5 Å². The van der Waals surface area contributed by atoms with Crippen LogP contribution in [0.3, 0.4) is 0 Å². The number of carbonyl (C=O) groups is 2. The molecule has 166 valence electrons. The van der Waals surface area contributed by atoms with Crippen LogP contribution in [0.4, 0.5) is 13.2 Å². The van der Waals surface area contributed by atoms with E-state index in [1.54, 1.807) is 25.4 Å². The van der Waals surface area contributed by atoms with E-state index in [1.807, 2.05) is 43.7 Å². The smallest absolute Gasteiger partial charge is 0.490 e. The van der Waals surface area contributed by atoms with Gasteiger partial charge in [-0.25, -0.2) is 14.6 Å². The van der Waals surface area contributed by atoms with Gasteiger partial charge >= 0.3 is 18.1 Å². The molecule has 8 nitrogen and oxygen atoms in total. The van der Waals surface area contributed by atoms with E-state index in [0.29, 0.717) is 22.7 Å². The third-order valence-corrected chi connectivity index (χ3v) is 3.87. The number of benzene rings is 1. The number of fused-ring (bicyclic) bond motifs is 1. The summed E-state index contributed by atoms with van der Waals surface area (Å²) in [6.45, 7) is 3.63. The van der Waals surface area contributed by atoms with Crippen molar-refractivity contribution < 1.29 is 37.3 Å². The Kier molecular flexibility index (Phi) is 7.21. The van der Waals surface area contributed by atoms with Gasteiger partial charge < -0.3 is 19.1 Å². The van der Waals surface area contributed by atoms with Crippen molar-refractivity contribution in [2.75, 3.05) is 7.11 Å².